The van der Waals surface area contributed by atoms with E-state index in [9.17, 15) is 8.78 Å². The smallest absolute Gasteiger partial charge is 0.225 e. The Morgan fingerprint density at radius 1 is 0.828 bits per heavy atom. The predicted molar refractivity (Wildman–Crippen MR) is 113 cm³/mol. The van der Waals surface area contributed by atoms with Crippen molar-refractivity contribution in [1.29, 1.82) is 0 Å². The molecule has 5 nitrogen and oxygen atoms in total. The molecule has 7 heteroatoms. The fourth-order valence-electron chi connectivity index (χ4n) is 3.83. The number of aromatic nitrogens is 2. The minimum absolute atomic E-state index is 0. The third-order valence-electron chi connectivity index (χ3n) is 5.39. The summed E-state index contributed by atoms with van der Waals surface area (Å²) in [6.07, 6.45) is 5.58. The van der Waals surface area contributed by atoms with E-state index in [1.54, 1.807) is 6.07 Å². The van der Waals surface area contributed by atoms with Gasteiger partial charge in [0.1, 0.15) is 5.82 Å². The predicted octanol–water partition coefficient (Wildman–Crippen LogP) is 4.21. The van der Waals surface area contributed by atoms with Crippen LogP contribution in [0.3, 0.4) is 0 Å². The van der Waals surface area contributed by atoms with Gasteiger partial charge in [-0.2, -0.15) is 0 Å². The number of nitrogens with zero attached hydrogens (tertiary/aromatic N) is 4. The van der Waals surface area contributed by atoms with Crippen LogP contribution in [0.25, 0.3) is 10.8 Å². The Morgan fingerprint density at radius 2 is 1.52 bits per heavy atom. The number of hydrogen-bond donors (Lipinski definition) is 1. The highest BCUT2D eigenvalue weighted by Crippen LogP contribution is 2.23. The SMILES string of the molecule is Fc1cnc(N2CCN(CCCCc3ccc(F)c4ccccc34)CC2)nc1.N. The van der Waals surface area contributed by atoms with E-state index < -0.39 is 5.82 Å². The summed E-state index contributed by atoms with van der Waals surface area (Å²) < 4.78 is 26.9. The van der Waals surface area contributed by atoms with Gasteiger partial charge < -0.3 is 11.1 Å². The fourth-order valence-corrected chi connectivity index (χ4v) is 3.83. The van der Waals surface area contributed by atoms with Crippen LogP contribution in [0.5, 0.6) is 0 Å². The summed E-state index contributed by atoms with van der Waals surface area (Å²) in [4.78, 5) is 12.7. The van der Waals surface area contributed by atoms with Gasteiger partial charge in [0.2, 0.25) is 5.95 Å². The molecule has 2 heterocycles. The molecule has 0 bridgehead atoms. The first-order valence-electron chi connectivity index (χ1n) is 9.82. The molecule has 3 N–H and O–H groups in total. The van der Waals surface area contributed by atoms with Gasteiger partial charge in [0.25, 0.3) is 0 Å². The molecule has 1 aromatic heterocycles. The number of hydrogen-bond acceptors (Lipinski definition) is 5. The molecule has 29 heavy (non-hydrogen) atoms. The highest BCUT2D eigenvalue weighted by atomic mass is 19.1. The average Bonchev–Trinajstić information content (AvgIpc) is 2.74. The van der Waals surface area contributed by atoms with Crippen molar-refractivity contribution in [3.63, 3.8) is 0 Å². The molecule has 0 radical (unpaired) electrons. The number of anilines is 1. The lowest BCUT2D eigenvalue weighted by Crippen LogP contribution is -2.47. The number of benzene rings is 2. The molecule has 0 amide bonds. The van der Waals surface area contributed by atoms with Gasteiger partial charge in [-0.25, -0.2) is 18.7 Å². The van der Waals surface area contributed by atoms with Crippen molar-refractivity contribution < 1.29 is 8.78 Å². The van der Waals surface area contributed by atoms with E-state index in [1.165, 1.54) is 18.0 Å². The molecule has 1 aliphatic rings. The molecule has 1 fully saturated rings. The van der Waals surface area contributed by atoms with E-state index in [1.807, 2.05) is 30.3 Å². The summed E-state index contributed by atoms with van der Waals surface area (Å²) in [5, 5.41) is 1.73. The van der Waals surface area contributed by atoms with Crippen molar-refractivity contribution in [2.45, 2.75) is 19.3 Å². The number of aryl methyl sites for hydroxylation is 1. The maximum Gasteiger partial charge on any atom is 0.225 e. The van der Waals surface area contributed by atoms with Crippen LogP contribution in [-0.2, 0) is 6.42 Å². The standard InChI is InChI=1S/C22H24F2N4.H3N/c23-18-15-25-22(26-16-18)28-13-11-27(12-14-28)10-4-3-5-17-8-9-21(24)20-7-2-1-6-19(17)20;/h1-2,6-9,15-16H,3-5,10-14H2;1H3. The molecule has 0 unspecified atom stereocenters. The van der Waals surface area contributed by atoms with Gasteiger partial charge >= 0.3 is 0 Å². The fraction of sp³-hybridized carbons (Fsp3) is 0.364. The minimum Gasteiger partial charge on any atom is -0.344 e. The van der Waals surface area contributed by atoms with Crippen LogP contribution in [-0.4, -0.2) is 47.6 Å². The van der Waals surface area contributed by atoms with Gasteiger partial charge in [-0.15, -0.1) is 0 Å². The van der Waals surface area contributed by atoms with Crippen LogP contribution in [0.15, 0.2) is 48.8 Å². The van der Waals surface area contributed by atoms with Gasteiger partial charge in [0.05, 0.1) is 12.4 Å². The summed E-state index contributed by atoms with van der Waals surface area (Å²) in [6.45, 7) is 4.68. The quantitative estimate of drug-likeness (QED) is 0.629. The lowest BCUT2D eigenvalue weighted by atomic mass is 9.99. The average molecular weight is 399 g/mol. The van der Waals surface area contributed by atoms with Crippen LogP contribution < -0.4 is 11.1 Å². The Morgan fingerprint density at radius 3 is 2.24 bits per heavy atom. The largest absolute Gasteiger partial charge is 0.344 e. The molecular weight excluding hydrogens is 372 g/mol. The topological polar surface area (TPSA) is 67.3 Å². The number of rotatable bonds is 6. The van der Waals surface area contributed by atoms with Gasteiger partial charge in [-0.05, 0) is 42.8 Å². The number of piperazine rings is 1. The first kappa shape index (κ1) is 21.1. The van der Waals surface area contributed by atoms with Crippen molar-refractivity contribution in [3.05, 3.63) is 66.0 Å². The highest BCUT2D eigenvalue weighted by molar-refractivity contribution is 5.86. The molecule has 4 rings (SSSR count). The van der Waals surface area contributed by atoms with E-state index in [-0.39, 0.29) is 12.0 Å². The zero-order valence-corrected chi connectivity index (χ0v) is 16.5. The summed E-state index contributed by atoms with van der Waals surface area (Å²) >= 11 is 0. The van der Waals surface area contributed by atoms with Crippen molar-refractivity contribution in [3.8, 4) is 0 Å². The first-order valence-corrected chi connectivity index (χ1v) is 9.82. The van der Waals surface area contributed by atoms with Crippen molar-refractivity contribution in [1.82, 2.24) is 21.0 Å². The third kappa shape index (κ3) is 5.05. The van der Waals surface area contributed by atoms with Crippen molar-refractivity contribution in [2.24, 2.45) is 0 Å². The Kier molecular flexibility index (Phi) is 7.06. The molecular formula is C22H27F2N5. The number of fused-ring (bicyclic) bond motifs is 1. The molecule has 1 aliphatic heterocycles. The van der Waals surface area contributed by atoms with E-state index in [0.29, 0.717) is 11.3 Å². The van der Waals surface area contributed by atoms with Crippen LogP contribution in [0.2, 0.25) is 0 Å². The molecule has 0 spiro atoms. The van der Waals surface area contributed by atoms with Crippen molar-refractivity contribution in [2.75, 3.05) is 37.6 Å². The maximum absolute atomic E-state index is 13.9. The van der Waals surface area contributed by atoms with E-state index in [0.717, 1.165) is 57.4 Å². The molecule has 0 saturated carbocycles. The lowest BCUT2D eigenvalue weighted by molar-refractivity contribution is 0.252. The Bertz CT molecular complexity index is 924. The summed E-state index contributed by atoms with van der Waals surface area (Å²) in [6, 6.07) is 11.2. The zero-order chi connectivity index (χ0) is 19.3. The van der Waals surface area contributed by atoms with E-state index >= 15 is 0 Å². The second kappa shape index (κ2) is 9.71. The molecule has 2 aromatic carbocycles. The Labute approximate surface area is 170 Å². The van der Waals surface area contributed by atoms with E-state index in [2.05, 4.69) is 19.8 Å². The Balaban J connectivity index is 0.00000240. The molecule has 0 aliphatic carbocycles. The van der Waals surface area contributed by atoms with Crippen LogP contribution in [0.4, 0.5) is 14.7 Å². The zero-order valence-electron chi connectivity index (χ0n) is 16.5. The lowest BCUT2D eigenvalue weighted by Gasteiger charge is -2.34. The van der Waals surface area contributed by atoms with Gasteiger partial charge in [-0.3, -0.25) is 4.90 Å². The highest BCUT2D eigenvalue weighted by Gasteiger charge is 2.18. The van der Waals surface area contributed by atoms with Gasteiger partial charge in [-0.1, -0.05) is 30.3 Å². The van der Waals surface area contributed by atoms with Gasteiger partial charge in [0.15, 0.2) is 5.82 Å². The third-order valence-corrected chi connectivity index (χ3v) is 5.39. The molecule has 154 valence electrons. The summed E-state index contributed by atoms with van der Waals surface area (Å²) in [5.41, 5.74) is 1.22. The molecule has 1 saturated heterocycles. The molecule has 3 aromatic rings. The monoisotopic (exact) mass is 399 g/mol. The summed E-state index contributed by atoms with van der Waals surface area (Å²) in [5.74, 6) is 0.0444. The Hall–Kier alpha value is -2.64. The maximum atomic E-state index is 13.9. The number of halogens is 2. The minimum atomic E-state index is -0.406. The second-order valence-corrected chi connectivity index (χ2v) is 7.24. The second-order valence-electron chi connectivity index (χ2n) is 7.24. The van der Waals surface area contributed by atoms with Crippen molar-refractivity contribution >= 4 is 16.7 Å². The van der Waals surface area contributed by atoms with Crippen LogP contribution in [0, 0.1) is 11.6 Å². The first-order chi connectivity index (χ1) is 13.7. The molecule has 0 atom stereocenters. The van der Waals surface area contributed by atoms with Gasteiger partial charge in [0, 0.05) is 31.6 Å². The van der Waals surface area contributed by atoms with Crippen LogP contribution >= 0.6 is 0 Å². The van der Waals surface area contributed by atoms with E-state index in [4.69, 9.17) is 0 Å². The number of unbranched alkanes of at least 4 members (excludes halogenated alkanes) is 1. The van der Waals surface area contributed by atoms with Crippen LogP contribution in [0.1, 0.15) is 18.4 Å². The normalized spacial score (nSPS) is 14.8. The summed E-state index contributed by atoms with van der Waals surface area (Å²) in [7, 11) is 0.